The number of hydrogen-bond acceptors (Lipinski definition) is 3. The SMILES string of the molecule is O=C(O)C1Cc2cc(F)c(O)cc2CN1C(=O)O. The number of hydrogen-bond donors (Lipinski definition) is 3. The minimum Gasteiger partial charge on any atom is -0.505 e. The molecule has 7 heteroatoms. The molecule has 3 N–H and O–H groups in total. The van der Waals surface area contributed by atoms with Gasteiger partial charge < -0.3 is 15.3 Å². The summed E-state index contributed by atoms with van der Waals surface area (Å²) in [4.78, 5) is 22.7. The quantitative estimate of drug-likeness (QED) is 0.696. The van der Waals surface area contributed by atoms with Crippen molar-refractivity contribution in [2.75, 3.05) is 0 Å². The van der Waals surface area contributed by atoms with E-state index in [1.807, 2.05) is 0 Å². The summed E-state index contributed by atoms with van der Waals surface area (Å²) in [5, 5.41) is 27.1. The first-order valence-corrected chi connectivity index (χ1v) is 5.12. The zero-order chi connectivity index (χ0) is 13.4. The van der Waals surface area contributed by atoms with Crippen molar-refractivity contribution < 1.29 is 29.3 Å². The summed E-state index contributed by atoms with van der Waals surface area (Å²) in [6.07, 6.45) is -1.48. The van der Waals surface area contributed by atoms with E-state index in [9.17, 15) is 19.1 Å². The third kappa shape index (κ3) is 1.94. The Kier molecular flexibility index (Phi) is 2.82. The summed E-state index contributed by atoms with van der Waals surface area (Å²) < 4.78 is 13.2. The van der Waals surface area contributed by atoms with Crippen molar-refractivity contribution in [3.63, 3.8) is 0 Å². The maximum absolute atomic E-state index is 13.2. The zero-order valence-electron chi connectivity index (χ0n) is 9.13. The average Bonchev–Trinajstić information content (AvgIpc) is 2.28. The maximum Gasteiger partial charge on any atom is 0.408 e. The molecule has 1 aromatic carbocycles. The summed E-state index contributed by atoms with van der Waals surface area (Å²) in [5.41, 5.74) is 0.809. The van der Waals surface area contributed by atoms with E-state index in [2.05, 4.69) is 0 Å². The van der Waals surface area contributed by atoms with Crippen molar-refractivity contribution in [2.45, 2.75) is 19.0 Å². The summed E-state index contributed by atoms with van der Waals surface area (Å²) in [6.45, 7) is -0.185. The van der Waals surface area contributed by atoms with E-state index >= 15 is 0 Å². The van der Waals surface area contributed by atoms with Gasteiger partial charge in [0.05, 0.1) is 6.54 Å². The van der Waals surface area contributed by atoms with Gasteiger partial charge in [-0.25, -0.2) is 14.0 Å². The molecule has 0 spiro atoms. The topological polar surface area (TPSA) is 98.1 Å². The number of carboxylic acids is 1. The molecule has 0 fully saturated rings. The van der Waals surface area contributed by atoms with E-state index in [4.69, 9.17) is 10.2 Å². The largest absolute Gasteiger partial charge is 0.505 e. The number of aliphatic carboxylic acids is 1. The molecule has 0 aliphatic carbocycles. The number of phenols is 1. The first-order chi connectivity index (χ1) is 8.40. The highest BCUT2D eigenvalue weighted by atomic mass is 19.1. The molecule has 1 amide bonds. The minimum absolute atomic E-state index is 0.117. The Balaban J connectivity index is 2.44. The fourth-order valence-electron chi connectivity index (χ4n) is 2.02. The number of amides is 1. The fraction of sp³-hybridized carbons (Fsp3) is 0.273. The predicted molar refractivity (Wildman–Crippen MR) is 56.8 cm³/mol. The molecule has 1 atom stereocenters. The maximum atomic E-state index is 13.2. The van der Waals surface area contributed by atoms with Crippen LogP contribution in [0, 0.1) is 5.82 Å². The number of nitrogens with zero attached hydrogens (tertiary/aromatic N) is 1. The Bertz CT molecular complexity index is 483. The van der Waals surface area contributed by atoms with E-state index in [1.54, 1.807) is 0 Å². The van der Waals surface area contributed by atoms with E-state index in [0.717, 1.165) is 17.0 Å². The molecule has 0 saturated carbocycles. The molecule has 0 bridgehead atoms. The van der Waals surface area contributed by atoms with Gasteiger partial charge in [-0.2, -0.15) is 0 Å². The zero-order valence-corrected chi connectivity index (χ0v) is 9.13. The molecular formula is C11H10FNO5. The molecule has 0 saturated heterocycles. The predicted octanol–water partition coefficient (Wildman–Crippen LogP) is 1.02. The summed E-state index contributed by atoms with van der Waals surface area (Å²) >= 11 is 0. The Morgan fingerprint density at radius 1 is 1.28 bits per heavy atom. The number of carboxylic acid groups (broad SMARTS) is 2. The average molecular weight is 255 g/mol. The Labute approximate surface area is 101 Å². The first kappa shape index (κ1) is 12.2. The fourth-order valence-corrected chi connectivity index (χ4v) is 2.02. The van der Waals surface area contributed by atoms with Gasteiger partial charge in [0, 0.05) is 6.42 Å². The van der Waals surface area contributed by atoms with E-state index in [1.165, 1.54) is 0 Å². The molecule has 1 heterocycles. The highest BCUT2D eigenvalue weighted by Crippen LogP contribution is 2.28. The number of phenolic OH excluding ortho intramolecular Hbond substituents is 1. The second-order valence-corrected chi connectivity index (χ2v) is 4.04. The molecule has 1 aromatic rings. The van der Waals surface area contributed by atoms with Crippen LogP contribution in [0.25, 0.3) is 0 Å². The third-order valence-corrected chi connectivity index (χ3v) is 2.93. The van der Waals surface area contributed by atoms with Crippen molar-refractivity contribution in [1.29, 1.82) is 0 Å². The van der Waals surface area contributed by atoms with Crippen LogP contribution in [0.5, 0.6) is 5.75 Å². The van der Waals surface area contributed by atoms with Crippen molar-refractivity contribution in [1.82, 2.24) is 4.90 Å². The number of aromatic hydroxyl groups is 1. The van der Waals surface area contributed by atoms with Crippen LogP contribution in [0.3, 0.4) is 0 Å². The van der Waals surface area contributed by atoms with Gasteiger partial charge in [0.1, 0.15) is 6.04 Å². The van der Waals surface area contributed by atoms with Gasteiger partial charge in [-0.1, -0.05) is 0 Å². The number of carbonyl (C=O) groups is 2. The summed E-state index contributed by atoms with van der Waals surface area (Å²) in [6, 6.07) is 0.928. The van der Waals surface area contributed by atoms with Gasteiger partial charge in [-0.05, 0) is 23.3 Å². The number of rotatable bonds is 1. The molecule has 0 radical (unpaired) electrons. The number of fused-ring (bicyclic) bond motifs is 1. The van der Waals surface area contributed by atoms with E-state index in [-0.39, 0.29) is 13.0 Å². The lowest BCUT2D eigenvalue weighted by molar-refractivity contribution is -0.143. The Hall–Kier alpha value is -2.31. The molecular weight excluding hydrogens is 245 g/mol. The molecule has 1 aliphatic rings. The minimum atomic E-state index is -1.36. The highest BCUT2D eigenvalue weighted by molar-refractivity contribution is 5.80. The first-order valence-electron chi connectivity index (χ1n) is 5.12. The molecule has 0 aromatic heterocycles. The van der Waals surface area contributed by atoms with Gasteiger partial charge in [0.25, 0.3) is 0 Å². The van der Waals surface area contributed by atoms with Gasteiger partial charge >= 0.3 is 12.1 Å². The highest BCUT2D eigenvalue weighted by Gasteiger charge is 2.35. The van der Waals surface area contributed by atoms with E-state index < -0.39 is 29.7 Å². The smallest absolute Gasteiger partial charge is 0.408 e. The second kappa shape index (κ2) is 4.17. The third-order valence-electron chi connectivity index (χ3n) is 2.93. The molecule has 18 heavy (non-hydrogen) atoms. The lowest BCUT2D eigenvalue weighted by atomic mass is 9.94. The summed E-state index contributed by atoms with van der Waals surface area (Å²) in [5.74, 6) is -2.70. The van der Waals surface area contributed by atoms with Crippen LogP contribution in [0.4, 0.5) is 9.18 Å². The van der Waals surface area contributed by atoms with Crippen LogP contribution in [0.1, 0.15) is 11.1 Å². The van der Waals surface area contributed by atoms with Gasteiger partial charge in [-0.15, -0.1) is 0 Å². The summed E-state index contributed by atoms with van der Waals surface area (Å²) in [7, 11) is 0. The van der Waals surface area contributed by atoms with Crippen LogP contribution < -0.4 is 0 Å². The lowest BCUT2D eigenvalue weighted by Gasteiger charge is -2.32. The van der Waals surface area contributed by atoms with Gasteiger partial charge in [-0.3, -0.25) is 4.90 Å². The van der Waals surface area contributed by atoms with Crippen LogP contribution in [0.2, 0.25) is 0 Å². The van der Waals surface area contributed by atoms with Crippen LogP contribution in [0.15, 0.2) is 12.1 Å². The Morgan fingerprint density at radius 3 is 2.50 bits per heavy atom. The van der Waals surface area contributed by atoms with Crippen LogP contribution >= 0.6 is 0 Å². The number of halogens is 1. The number of benzene rings is 1. The molecule has 1 aliphatic heterocycles. The van der Waals surface area contributed by atoms with E-state index in [0.29, 0.717) is 11.1 Å². The van der Waals surface area contributed by atoms with Crippen molar-refractivity contribution in [3.8, 4) is 5.75 Å². The van der Waals surface area contributed by atoms with Crippen LogP contribution in [-0.4, -0.2) is 38.3 Å². The molecule has 96 valence electrons. The molecule has 6 nitrogen and oxygen atoms in total. The van der Waals surface area contributed by atoms with Crippen molar-refractivity contribution >= 4 is 12.1 Å². The Morgan fingerprint density at radius 2 is 1.94 bits per heavy atom. The monoisotopic (exact) mass is 255 g/mol. The normalized spacial score (nSPS) is 18.3. The van der Waals surface area contributed by atoms with Crippen molar-refractivity contribution in [3.05, 3.63) is 29.1 Å². The standard InChI is InChI=1S/C11H10FNO5/c12-7-1-5-2-8(10(15)16)13(11(17)18)4-6(5)3-9(7)14/h1,3,8,14H,2,4H2,(H,15,16)(H,17,18). The lowest BCUT2D eigenvalue weighted by Crippen LogP contribution is -2.48. The second-order valence-electron chi connectivity index (χ2n) is 4.04. The van der Waals surface area contributed by atoms with Crippen molar-refractivity contribution in [2.24, 2.45) is 0 Å². The van der Waals surface area contributed by atoms with Crippen LogP contribution in [-0.2, 0) is 17.8 Å². The van der Waals surface area contributed by atoms with Gasteiger partial charge in [0.2, 0.25) is 0 Å². The molecule has 2 rings (SSSR count). The molecule has 1 unspecified atom stereocenters. The van der Waals surface area contributed by atoms with Gasteiger partial charge in [0.15, 0.2) is 11.6 Å².